The first-order valence-corrected chi connectivity index (χ1v) is 5.25. The summed E-state index contributed by atoms with van der Waals surface area (Å²) in [5, 5.41) is 9.25. The Balaban J connectivity index is 0.00000180. The monoisotopic (exact) mass is 315 g/mol. The smallest absolute Gasteiger partial charge is 0.258 e. The van der Waals surface area contributed by atoms with E-state index in [1.54, 1.807) is 12.1 Å². The second-order valence-electron chi connectivity index (χ2n) is 3.77. The lowest BCUT2D eigenvalue weighted by atomic mass is 10.1. The topological polar surface area (TPSA) is 110 Å². The molecular formula is C12H15Cl2N5O. The first-order chi connectivity index (χ1) is 8.56. The molecule has 1 aromatic heterocycles. The molecule has 0 aliphatic rings. The number of carbonyl (C=O) groups excluding carboxylic acids is 1. The highest BCUT2D eigenvalue weighted by Gasteiger charge is 2.09. The van der Waals surface area contributed by atoms with Crippen LogP contribution in [0.2, 0.25) is 0 Å². The maximum Gasteiger partial charge on any atom is 0.258 e. The van der Waals surface area contributed by atoms with Crippen LogP contribution in [0.5, 0.6) is 0 Å². The molecule has 1 aromatic carbocycles. The van der Waals surface area contributed by atoms with Crippen molar-refractivity contribution < 1.29 is 4.79 Å². The van der Waals surface area contributed by atoms with E-state index in [4.69, 9.17) is 16.9 Å². The minimum absolute atomic E-state index is 0. The summed E-state index contributed by atoms with van der Waals surface area (Å²) in [5.74, 6) is -0.854. The Morgan fingerprint density at radius 1 is 1.15 bits per heavy atom. The van der Waals surface area contributed by atoms with Gasteiger partial charge in [-0.15, -0.1) is 24.8 Å². The van der Waals surface area contributed by atoms with Crippen molar-refractivity contribution in [3.05, 3.63) is 48.3 Å². The molecule has 0 unspecified atom stereocenters. The fourth-order valence-electron chi connectivity index (χ4n) is 1.62. The van der Waals surface area contributed by atoms with Crippen LogP contribution < -0.4 is 16.8 Å². The SMILES string of the molecule is Cl.Cl.N=C(N)NC(=O)c1cc(N)cc(-n2cccc2)c1. The van der Waals surface area contributed by atoms with Crippen LogP contribution >= 0.6 is 24.8 Å². The number of amides is 1. The zero-order chi connectivity index (χ0) is 13.1. The van der Waals surface area contributed by atoms with Gasteiger partial charge in [-0.1, -0.05) is 0 Å². The van der Waals surface area contributed by atoms with Crippen molar-refractivity contribution in [1.82, 2.24) is 9.88 Å². The molecule has 1 amide bonds. The van der Waals surface area contributed by atoms with Crippen LogP contribution in [0.1, 0.15) is 10.4 Å². The number of carbonyl (C=O) groups is 1. The molecule has 0 radical (unpaired) electrons. The Morgan fingerprint density at radius 2 is 1.75 bits per heavy atom. The minimum Gasteiger partial charge on any atom is -0.399 e. The van der Waals surface area contributed by atoms with Gasteiger partial charge in [-0.3, -0.25) is 15.5 Å². The maximum atomic E-state index is 11.7. The normalized spacial score (nSPS) is 9.00. The average molecular weight is 316 g/mol. The van der Waals surface area contributed by atoms with Gasteiger partial charge in [0.1, 0.15) is 0 Å². The van der Waals surface area contributed by atoms with Crippen molar-refractivity contribution in [3.8, 4) is 5.69 Å². The van der Waals surface area contributed by atoms with Gasteiger partial charge >= 0.3 is 0 Å². The predicted molar refractivity (Wildman–Crippen MR) is 84.1 cm³/mol. The number of rotatable bonds is 2. The molecule has 108 valence electrons. The fraction of sp³-hybridized carbons (Fsp3) is 0. The Kier molecular flexibility index (Phi) is 6.61. The number of aromatic nitrogens is 1. The van der Waals surface area contributed by atoms with Crippen molar-refractivity contribution in [2.75, 3.05) is 5.73 Å². The van der Waals surface area contributed by atoms with E-state index in [1.807, 2.05) is 29.1 Å². The van der Waals surface area contributed by atoms with Crippen molar-refractivity contribution in [1.29, 1.82) is 5.41 Å². The van der Waals surface area contributed by atoms with Crippen molar-refractivity contribution in [2.24, 2.45) is 5.73 Å². The Labute approximate surface area is 128 Å². The fourth-order valence-corrected chi connectivity index (χ4v) is 1.62. The first kappa shape index (κ1) is 17.8. The number of nitrogens with zero attached hydrogens (tertiary/aromatic N) is 1. The molecule has 8 heteroatoms. The van der Waals surface area contributed by atoms with Gasteiger partial charge in [0.2, 0.25) is 0 Å². The van der Waals surface area contributed by atoms with Crippen LogP contribution in [0.4, 0.5) is 5.69 Å². The molecule has 0 aliphatic heterocycles. The Hall–Kier alpha value is -2.18. The van der Waals surface area contributed by atoms with Gasteiger partial charge in [0.25, 0.3) is 5.91 Å². The molecule has 2 rings (SSSR count). The highest BCUT2D eigenvalue weighted by atomic mass is 35.5. The molecule has 0 aliphatic carbocycles. The second kappa shape index (κ2) is 7.42. The molecule has 0 fully saturated rings. The Morgan fingerprint density at radius 3 is 2.30 bits per heavy atom. The van der Waals surface area contributed by atoms with E-state index in [2.05, 4.69) is 5.32 Å². The predicted octanol–water partition coefficient (Wildman–Crippen LogP) is 1.53. The lowest BCUT2D eigenvalue weighted by molar-refractivity contribution is 0.0976. The van der Waals surface area contributed by atoms with Gasteiger partial charge in [-0.2, -0.15) is 0 Å². The zero-order valence-electron chi connectivity index (χ0n) is 10.4. The van der Waals surface area contributed by atoms with Crippen molar-refractivity contribution in [3.63, 3.8) is 0 Å². The van der Waals surface area contributed by atoms with Crippen LogP contribution in [-0.2, 0) is 0 Å². The lowest BCUT2D eigenvalue weighted by Crippen LogP contribution is -2.35. The average Bonchev–Trinajstić information content (AvgIpc) is 2.80. The van der Waals surface area contributed by atoms with Crippen molar-refractivity contribution >= 4 is 42.4 Å². The number of hydrogen-bond donors (Lipinski definition) is 4. The van der Waals surface area contributed by atoms with Gasteiger partial charge in [-0.05, 0) is 30.3 Å². The third-order valence-electron chi connectivity index (χ3n) is 2.35. The van der Waals surface area contributed by atoms with E-state index in [1.165, 1.54) is 6.07 Å². The zero-order valence-corrected chi connectivity index (χ0v) is 12.0. The van der Waals surface area contributed by atoms with Gasteiger partial charge in [0.05, 0.1) is 0 Å². The number of anilines is 1. The molecule has 0 saturated heterocycles. The molecule has 0 spiro atoms. The van der Waals surface area contributed by atoms with Gasteiger partial charge < -0.3 is 16.0 Å². The van der Waals surface area contributed by atoms with Crippen molar-refractivity contribution in [2.45, 2.75) is 0 Å². The van der Waals surface area contributed by atoms with Crippen LogP contribution in [0.3, 0.4) is 0 Å². The standard InChI is InChI=1S/C12H13N5O.2ClH/c13-9-5-8(11(18)16-12(14)15)6-10(7-9)17-3-1-2-4-17;;/h1-7H,13H2,(H4,14,15,16,18);2*1H. The van der Waals surface area contributed by atoms with Gasteiger partial charge in [0, 0.05) is 29.3 Å². The number of hydrogen-bond acceptors (Lipinski definition) is 3. The number of benzene rings is 1. The molecule has 1 heterocycles. The largest absolute Gasteiger partial charge is 0.399 e. The van der Waals surface area contributed by atoms with Crippen LogP contribution in [0, 0.1) is 5.41 Å². The summed E-state index contributed by atoms with van der Waals surface area (Å²) in [7, 11) is 0. The number of nitrogens with one attached hydrogen (secondary N) is 2. The minimum atomic E-state index is -0.455. The summed E-state index contributed by atoms with van der Waals surface area (Å²) in [6.45, 7) is 0. The van der Waals surface area contributed by atoms with E-state index >= 15 is 0 Å². The second-order valence-corrected chi connectivity index (χ2v) is 3.77. The highest BCUT2D eigenvalue weighted by Crippen LogP contribution is 2.16. The van der Waals surface area contributed by atoms with Crippen LogP contribution in [0.15, 0.2) is 42.7 Å². The Bertz CT molecular complexity index is 598. The van der Waals surface area contributed by atoms with E-state index in [0.29, 0.717) is 11.3 Å². The summed E-state index contributed by atoms with van der Waals surface area (Å²) in [6, 6.07) is 8.71. The van der Waals surface area contributed by atoms with E-state index in [0.717, 1.165) is 5.69 Å². The quantitative estimate of drug-likeness (QED) is 0.383. The first-order valence-electron chi connectivity index (χ1n) is 5.25. The maximum absolute atomic E-state index is 11.7. The molecular weight excluding hydrogens is 301 g/mol. The summed E-state index contributed by atoms with van der Waals surface area (Å²) in [4.78, 5) is 11.7. The number of nitrogens with two attached hydrogens (primary N) is 2. The van der Waals surface area contributed by atoms with E-state index in [9.17, 15) is 4.79 Å². The van der Waals surface area contributed by atoms with Gasteiger partial charge in [0.15, 0.2) is 5.96 Å². The van der Waals surface area contributed by atoms with Gasteiger partial charge in [-0.25, -0.2) is 0 Å². The van der Waals surface area contributed by atoms with E-state index in [-0.39, 0.29) is 24.8 Å². The third kappa shape index (κ3) is 4.18. The molecule has 0 atom stereocenters. The summed E-state index contributed by atoms with van der Waals surface area (Å²) in [5.41, 5.74) is 12.5. The lowest BCUT2D eigenvalue weighted by Gasteiger charge is -2.08. The summed E-state index contributed by atoms with van der Waals surface area (Å²) >= 11 is 0. The molecule has 0 bridgehead atoms. The number of halogens is 2. The molecule has 0 saturated carbocycles. The third-order valence-corrected chi connectivity index (χ3v) is 2.35. The molecule has 6 nitrogen and oxygen atoms in total. The molecule has 20 heavy (non-hydrogen) atoms. The van der Waals surface area contributed by atoms with Crippen LogP contribution in [-0.4, -0.2) is 16.4 Å². The number of guanidine groups is 1. The molecule has 6 N–H and O–H groups in total. The highest BCUT2D eigenvalue weighted by molar-refractivity contribution is 6.05. The summed E-state index contributed by atoms with van der Waals surface area (Å²) in [6.07, 6.45) is 3.70. The van der Waals surface area contributed by atoms with E-state index < -0.39 is 11.9 Å². The number of nitrogen functional groups attached to an aromatic ring is 1. The van der Waals surface area contributed by atoms with Crippen LogP contribution in [0.25, 0.3) is 5.69 Å². The summed E-state index contributed by atoms with van der Waals surface area (Å²) < 4.78 is 1.83. The molecule has 2 aromatic rings.